The van der Waals surface area contributed by atoms with Gasteiger partial charge in [0.2, 0.25) is 0 Å². The van der Waals surface area contributed by atoms with Gasteiger partial charge in [0.25, 0.3) is 0 Å². The second-order valence-corrected chi connectivity index (χ2v) is 4.37. The SMILES string of the molecule is O=C(O)c1cc(-c2cc3c(cc2O)CCC3)on1. The predicted molar refractivity (Wildman–Crippen MR) is 62.6 cm³/mol. The number of fused-ring (bicyclic) bond motifs is 1. The normalized spacial score (nSPS) is 13.6. The minimum Gasteiger partial charge on any atom is -0.507 e. The Morgan fingerprint density at radius 3 is 2.61 bits per heavy atom. The molecule has 92 valence electrons. The van der Waals surface area contributed by atoms with Crippen LogP contribution in [0.4, 0.5) is 0 Å². The summed E-state index contributed by atoms with van der Waals surface area (Å²) in [4.78, 5) is 10.7. The minimum atomic E-state index is -1.15. The van der Waals surface area contributed by atoms with Crippen molar-refractivity contribution in [3.63, 3.8) is 0 Å². The number of aromatic carboxylic acids is 1. The molecule has 0 aliphatic heterocycles. The molecule has 0 saturated carbocycles. The number of carboxylic acid groups (broad SMARTS) is 1. The highest BCUT2D eigenvalue weighted by Crippen LogP contribution is 2.35. The fourth-order valence-corrected chi connectivity index (χ4v) is 2.31. The van der Waals surface area contributed by atoms with Gasteiger partial charge < -0.3 is 14.7 Å². The summed E-state index contributed by atoms with van der Waals surface area (Å²) >= 11 is 0. The van der Waals surface area contributed by atoms with Crippen LogP contribution < -0.4 is 0 Å². The van der Waals surface area contributed by atoms with Gasteiger partial charge in [-0.05, 0) is 42.5 Å². The smallest absolute Gasteiger partial charge is 0.358 e. The zero-order chi connectivity index (χ0) is 12.7. The van der Waals surface area contributed by atoms with Crippen LogP contribution in [-0.2, 0) is 12.8 Å². The summed E-state index contributed by atoms with van der Waals surface area (Å²) in [5.74, 6) is -0.769. The summed E-state index contributed by atoms with van der Waals surface area (Å²) in [6, 6.07) is 4.89. The van der Waals surface area contributed by atoms with Crippen molar-refractivity contribution >= 4 is 5.97 Å². The molecule has 0 bridgehead atoms. The third kappa shape index (κ3) is 1.64. The zero-order valence-electron chi connectivity index (χ0n) is 9.51. The van der Waals surface area contributed by atoms with E-state index in [4.69, 9.17) is 9.63 Å². The average molecular weight is 245 g/mol. The topological polar surface area (TPSA) is 83.6 Å². The number of aromatic hydroxyl groups is 1. The van der Waals surface area contributed by atoms with Crippen LogP contribution in [0.3, 0.4) is 0 Å². The third-order valence-corrected chi connectivity index (χ3v) is 3.20. The largest absolute Gasteiger partial charge is 0.507 e. The van der Waals surface area contributed by atoms with Gasteiger partial charge in [0.1, 0.15) is 5.75 Å². The lowest BCUT2D eigenvalue weighted by Gasteiger charge is -2.04. The molecule has 0 amide bonds. The van der Waals surface area contributed by atoms with Crippen LogP contribution in [0.25, 0.3) is 11.3 Å². The first kappa shape index (κ1) is 10.8. The Bertz CT molecular complexity index is 630. The first-order valence-electron chi connectivity index (χ1n) is 5.70. The van der Waals surface area contributed by atoms with E-state index in [0.717, 1.165) is 24.8 Å². The molecular formula is C13H11NO4. The number of hydrogen-bond acceptors (Lipinski definition) is 4. The Labute approximate surface area is 103 Å². The Morgan fingerprint density at radius 2 is 1.94 bits per heavy atom. The molecule has 1 aliphatic rings. The van der Waals surface area contributed by atoms with Crippen molar-refractivity contribution < 1.29 is 19.5 Å². The van der Waals surface area contributed by atoms with Gasteiger partial charge in [-0.2, -0.15) is 0 Å². The fraction of sp³-hybridized carbons (Fsp3) is 0.231. The number of phenols is 1. The molecule has 0 atom stereocenters. The number of phenolic OH excluding ortho intramolecular Hbond substituents is 1. The fourth-order valence-electron chi connectivity index (χ4n) is 2.31. The molecule has 3 rings (SSSR count). The van der Waals surface area contributed by atoms with Crippen molar-refractivity contribution in [2.75, 3.05) is 0 Å². The molecule has 2 N–H and O–H groups in total. The Morgan fingerprint density at radius 1 is 1.22 bits per heavy atom. The van der Waals surface area contributed by atoms with Gasteiger partial charge in [-0.25, -0.2) is 4.79 Å². The van der Waals surface area contributed by atoms with Gasteiger partial charge in [-0.1, -0.05) is 5.16 Å². The Balaban J connectivity index is 2.08. The molecule has 1 heterocycles. The number of aromatic nitrogens is 1. The van der Waals surface area contributed by atoms with E-state index in [2.05, 4.69) is 5.16 Å². The molecule has 2 aromatic rings. The molecule has 0 unspecified atom stereocenters. The van der Waals surface area contributed by atoms with Gasteiger partial charge in [0.15, 0.2) is 11.5 Å². The van der Waals surface area contributed by atoms with E-state index in [1.165, 1.54) is 11.6 Å². The summed E-state index contributed by atoms with van der Waals surface area (Å²) in [6.07, 6.45) is 3.03. The molecule has 5 heteroatoms. The molecule has 5 nitrogen and oxygen atoms in total. The summed E-state index contributed by atoms with van der Waals surface area (Å²) < 4.78 is 4.96. The van der Waals surface area contributed by atoms with Crippen LogP contribution in [-0.4, -0.2) is 21.3 Å². The molecule has 18 heavy (non-hydrogen) atoms. The van der Waals surface area contributed by atoms with E-state index in [9.17, 15) is 9.90 Å². The summed E-state index contributed by atoms with van der Waals surface area (Å²) in [7, 11) is 0. The highest BCUT2D eigenvalue weighted by molar-refractivity contribution is 5.86. The molecule has 1 aromatic heterocycles. The highest BCUT2D eigenvalue weighted by atomic mass is 16.5. The minimum absolute atomic E-state index is 0.101. The van der Waals surface area contributed by atoms with Crippen molar-refractivity contribution in [1.29, 1.82) is 0 Å². The third-order valence-electron chi connectivity index (χ3n) is 3.20. The van der Waals surface area contributed by atoms with Gasteiger partial charge in [0.05, 0.1) is 5.56 Å². The standard InChI is InChI=1S/C13H11NO4/c15-11-5-8-3-1-2-7(8)4-9(11)12-6-10(13(16)17)14-18-12/h4-6,15H,1-3H2,(H,16,17). The first-order valence-corrected chi connectivity index (χ1v) is 5.70. The quantitative estimate of drug-likeness (QED) is 0.847. The van der Waals surface area contributed by atoms with Crippen molar-refractivity contribution in [1.82, 2.24) is 5.16 Å². The van der Waals surface area contributed by atoms with E-state index in [0.29, 0.717) is 5.56 Å². The van der Waals surface area contributed by atoms with E-state index in [1.54, 1.807) is 6.07 Å². The van der Waals surface area contributed by atoms with Gasteiger partial charge in [-0.3, -0.25) is 0 Å². The van der Waals surface area contributed by atoms with Crippen molar-refractivity contribution in [3.05, 3.63) is 35.0 Å². The lowest BCUT2D eigenvalue weighted by atomic mass is 10.0. The van der Waals surface area contributed by atoms with Crippen LogP contribution in [0, 0.1) is 0 Å². The second-order valence-electron chi connectivity index (χ2n) is 4.37. The van der Waals surface area contributed by atoms with Crippen LogP contribution in [0.5, 0.6) is 5.75 Å². The Kier molecular flexibility index (Phi) is 2.33. The summed E-state index contributed by atoms with van der Waals surface area (Å²) in [5, 5.41) is 22.2. The summed E-state index contributed by atoms with van der Waals surface area (Å²) in [6.45, 7) is 0. The maximum absolute atomic E-state index is 10.7. The van der Waals surface area contributed by atoms with Crippen molar-refractivity contribution in [3.8, 4) is 17.1 Å². The number of hydrogen-bond donors (Lipinski definition) is 2. The van der Waals surface area contributed by atoms with Crippen molar-refractivity contribution in [2.45, 2.75) is 19.3 Å². The number of nitrogens with zero attached hydrogens (tertiary/aromatic N) is 1. The number of rotatable bonds is 2. The zero-order valence-corrected chi connectivity index (χ0v) is 9.51. The molecule has 0 fully saturated rings. The predicted octanol–water partition coefficient (Wildman–Crippen LogP) is 2.23. The van der Waals surface area contributed by atoms with Gasteiger partial charge in [-0.15, -0.1) is 0 Å². The molecule has 1 aliphatic carbocycles. The van der Waals surface area contributed by atoms with Crippen LogP contribution >= 0.6 is 0 Å². The molecule has 0 saturated heterocycles. The maximum Gasteiger partial charge on any atom is 0.358 e. The van der Waals surface area contributed by atoms with E-state index >= 15 is 0 Å². The molecular weight excluding hydrogens is 234 g/mol. The van der Waals surface area contributed by atoms with Crippen LogP contribution in [0.15, 0.2) is 22.7 Å². The highest BCUT2D eigenvalue weighted by Gasteiger charge is 2.19. The average Bonchev–Trinajstić information content (AvgIpc) is 2.94. The van der Waals surface area contributed by atoms with Crippen LogP contribution in [0.1, 0.15) is 28.0 Å². The number of aryl methyl sites for hydroxylation is 2. The van der Waals surface area contributed by atoms with Gasteiger partial charge >= 0.3 is 5.97 Å². The van der Waals surface area contributed by atoms with Crippen molar-refractivity contribution in [2.24, 2.45) is 0 Å². The maximum atomic E-state index is 10.7. The lowest BCUT2D eigenvalue weighted by Crippen LogP contribution is -1.94. The van der Waals surface area contributed by atoms with E-state index in [-0.39, 0.29) is 17.2 Å². The van der Waals surface area contributed by atoms with E-state index in [1.807, 2.05) is 6.07 Å². The first-order chi connectivity index (χ1) is 8.65. The molecule has 0 spiro atoms. The number of carbonyl (C=O) groups is 1. The summed E-state index contributed by atoms with van der Waals surface area (Å²) in [5.41, 5.74) is 2.66. The monoisotopic (exact) mass is 245 g/mol. The number of carboxylic acids is 1. The second kappa shape index (κ2) is 3.87. The van der Waals surface area contributed by atoms with Gasteiger partial charge in [0, 0.05) is 6.07 Å². The van der Waals surface area contributed by atoms with Crippen LogP contribution in [0.2, 0.25) is 0 Å². The molecule has 1 aromatic carbocycles. The van der Waals surface area contributed by atoms with E-state index < -0.39 is 5.97 Å². The number of benzene rings is 1. The molecule has 0 radical (unpaired) electrons. The Hall–Kier alpha value is -2.30. The lowest BCUT2D eigenvalue weighted by molar-refractivity contribution is 0.0686.